The smallest absolute Gasteiger partial charge is 0.346 e. The summed E-state index contributed by atoms with van der Waals surface area (Å²) >= 11 is 0. The van der Waals surface area contributed by atoms with E-state index in [1.54, 1.807) is 0 Å². The lowest BCUT2D eigenvalue weighted by Gasteiger charge is -2.33. The van der Waals surface area contributed by atoms with Crippen molar-refractivity contribution in [3.8, 4) is 22.6 Å². The largest absolute Gasteiger partial charge is 0.456 e. The van der Waals surface area contributed by atoms with Crippen LogP contribution in [0.25, 0.3) is 43.4 Å². The summed E-state index contributed by atoms with van der Waals surface area (Å²) in [6.45, 7) is 10.2. The van der Waals surface area contributed by atoms with Crippen molar-refractivity contribution in [1.82, 2.24) is 19.2 Å². The highest BCUT2D eigenvalue weighted by atomic mass is 16.5. The molecule has 5 aliphatic rings. The number of nitrogens with zero attached hydrogens (tertiary/aromatic N) is 4. The van der Waals surface area contributed by atoms with Crippen molar-refractivity contribution in [3.05, 3.63) is 72.8 Å². The van der Waals surface area contributed by atoms with Gasteiger partial charge in [0.05, 0.1) is 0 Å². The van der Waals surface area contributed by atoms with Gasteiger partial charge in [-0.1, -0.05) is 54.6 Å². The summed E-state index contributed by atoms with van der Waals surface area (Å²) in [4.78, 5) is 10.9. The highest BCUT2D eigenvalue weighted by Crippen LogP contribution is 2.49. The predicted molar refractivity (Wildman–Crippen MR) is 198 cm³/mol. The van der Waals surface area contributed by atoms with Gasteiger partial charge in [0.1, 0.15) is 11.5 Å². The SMILES string of the molecule is c1ccc2c(c1)c(B(N1CCCC1)N1CCCC1)cc1c3cccc4c3c(cc21)-c1ccc(B(N2CCCC2)N2CCCC2)cc1O4. The van der Waals surface area contributed by atoms with Crippen LogP contribution in [0.2, 0.25) is 0 Å². The van der Waals surface area contributed by atoms with Gasteiger partial charge in [0.15, 0.2) is 0 Å². The summed E-state index contributed by atoms with van der Waals surface area (Å²) < 4.78 is 6.89. The molecular weight excluding hydrogens is 574 g/mol. The van der Waals surface area contributed by atoms with E-state index in [9.17, 15) is 0 Å². The topological polar surface area (TPSA) is 22.2 Å². The number of benzene rings is 5. The van der Waals surface area contributed by atoms with Gasteiger partial charge >= 0.3 is 14.0 Å². The fourth-order valence-electron chi connectivity index (χ4n) is 9.91. The molecule has 4 saturated heterocycles. The monoisotopic (exact) mass is 618 g/mol. The van der Waals surface area contributed by atoms with Crippen molar-refractivity contribution in [2.75, 3.05) is 52.4 Å². The van der Waals surface area contributed by atoms with Gasteiger partial charge in [-0.05, 0) is 165 Å². The van der Waals surface area contributed by atoms with E-state index in [1.807, 2.05) is 0 Å². The first-order valence-corrected chi connectivity index (χ1v) is 18.5. The van der Waals surface area contributed by atoms with Gasteiger partial charge in [-0.25, -0.2) is 0 Å². The second-order valence-electron chi connectivity index (χ2n) is 14.8. The van der Waals surface area contributed by atoms with Gasteiger partial charge < -0.3 is 24.0 Å². The highest BCUT2D eigenvalue weighted by molar-refractivity contribution is 6.71. The minimum atomic E-state index is 0.342. The van der Waals surface area contributed by atoms with E-state index in [2.05, 4.69) is 92.0 Å². The van der Waals surface area contributed by atoms with E-state index < -0.39 is 0 Å². The molecule has 0 bridgehead atoms. The maximum absolute atomic E-state index is 6.89. The van der Waals surface area contributed by atoms with Crippen LogP contribution >= 0.6 is 0 Å². The van der Waals surface area contributed by atoms with Crippen molar-refractivity contribution in [1.29, 1.82) is 0 Å². The molecule has 0 amide bonds. The molecule has 0 saturated carbocycles. The molecule has 5 nitrogen and oxygen atoms in total. The zero-order valence-electron chi connectivity index (χ0n) is 27.6. The molecule has 10 rings (SSSR count). The van der Waals surface area contributed by atoms with Gasteiger partial charge in [-0.2, -0.15) is 0 Å². The second-order valence-corrected chi connectivity index (χ2v) is 14.8. The summed E-state index contributed by atoms with van der Waals surface area (Å²) in [5, 5.41) is 8.07. The molecule has 5 aromatic carbocycles. The minimum Gasteiger partial charge on any atom is -0.456 e. The Balaban J connectivity index is 1.16. The molecule has 0 radical (unpaired) electrons. The Hall–Kier alpha value is -3.35. The zero-order valence-corrected chi connectivity index (χ0v) is 27.6. The van der Waals surface area contributed by atoms with Gasteiger partial charge in [-0.15, -0.1) is 0 Å². The first kappa shape index (κ1) is 28.6. The van der Waals surface area contributed by atoms with Crippen LogP contribution in [0.1, 0.15) is 51.4 Å². The first-order valence-electron chi connectivity index (χ1n) is 18.5. The van der Waals surface area contributed by atoms with Crippen LogP contribution in [-0.4, -0.2) is 85.6 Å². The van der Waals surface area contributed by atoms with Crippen LogP contribution in [0, 0.1) is 0 Å². The second kappa shape index (κ2) is 11.7. The van der Waals surface area contributed by atoms with Crippen LogP contribution < -0.4 is 15.7 Å². The van der Waals surface area contributed by atoms with Crippen LogP contribution in [0.4, 0.5) is 0 Å². The van der Waals surface area contributed by atoms with Crippen molar-refractivity contribution in [2.45, 2.75) is 51.4 Å². The summed E-state index contributed by atoms with van der Waals surface area (Å²) in [6, 6.07) is 28.2. The quantitative estimate of drug-likeness (QED) is 0.153. The Morgan fingerprint density at radius 3 is 1.62 bits per heavy atom. The average Bonchev–Trinajstić information content (AvgIpc) is 3.96. The van der Waals surface area contributed by atoms with Gasteiger partial charge in [0.2, 0.25) is 0 Å². The fourth-order valence-corrected chi connectivity index (χ4v) is 9.91. The molecule has 5 aliphatic heterocycles. The minimum absolute atomic E-state index is 0.342. The van der Waals surface area contributed by atoms with E-state index in [0.717, 1.165) is 11.5 Å². The standard InChI is InChI=1S/C40H44B2N4O/c1-2-13-31-30(12-1)34-27-36-32-17-16-29(41(43-18-3-4-19-43)44-20-5-6-21-44)26-39(32)47-38-15-11-14-33(40(36)38)35(34)28-37(31)42(45-22-7-8-23-45)46-24-9-10-25-46/h1-2,11-17,26-28H,3-10,18-25H2. The van der Waals surface area contributed by atoms with E-state index in [4.69, 9.17) is 4.74 Å². The van der Waals surface area contributed by atoms with Crippen LogP contribution in [0.5, 0.6) is 11.5 Å². The summed E-state index contributed by atoms with van der Waals surface area (Å²) in [5.74, 6) is 2.00. The molecule has 0 N–H and O–H groups in total. The molecular formula is C40H44B2N4O. The van der Waals surface area contributed by atoms with E-state index in [-0.39, 0.29) is 0 Å². The Morgan fingerprint density at radius 1 is 0.426 bits per heavy atom. The maximum Gasteiger partial charge on any atom is 0.346 e. The van der Waals surface area contributed by atoms with Crippen molar-refractivity contribution in [2.24, 2.45) is 0 Å². The first-order chi connectivity index (χ1) is 23.3. The molecule has 0 atom stereocenters. The van der Waals surface area contributed by atoms with Crippen molar-refractivity contribution < 1.29 is 4.74 Å². The zero-order chi connectivity index (χ0) is 30.9. The summed E-state index contributed by atoms with van der Waals surface area (Å²) in [6.07, 6.45) is 10.5. The lowest BCUT2D eigenvalue weighted by atomic mass is 9.61. The molecule has 47 heavy (non-hydrogen) atoms. The third-order valence-corrected chi connectivity index (χ3v) is 12.0. The number of rotatable bonds is 6. The average molecular weight is 618 g/mol. The number of fused-ring (bicyclic) bond motifs is 6. The number of ether oxygens (including phenoxy) is 1. The van der Waals surface area contributed by atoms with Crippen LogP contribution in [-0.2, 0) is 0 Å². The molecule has 5 heterocycles. The van der Waals surface area contributed by atoms with Gasteiger partial charge in [0, 0.05) is 10.9 Å². The van der Waals surface area contributed by atoms with Gasteiger partial charge in [-0.3, -0.25) is 0 Å². The molecule has 236 valence electrons. The lowest BCUT2D eigenvalue weighted by molar-refractivity contribution is 0.435. The molecule has 0 unspecified atom stereocenters. The molecule has 4 fully saturated rings. The van der Waals surface area contributed by atoms with Crippen LogP contribution in [0.15, 0.2) is 72.8 Å². The normalized spacial score (nSPS) is 20.5. The van der Waals surface area contributed by atoms with Crippen molar-refractivity contribution >= 4 is 57.2 Å². The third kappa shape index (κ3) is 4.68. The summed E-state index contributed by atoms with van der Waals surface area (Å²) in [5.41, 5.74) is 5.40. The molecule has 0 spiro atoms. The van der Waals surface area contributed by atoms with E-state index in [0.29, 0.717) is 14.0 Å². The Kier molecular flexibility index (Phi) is 7.11. The maximum atomic E-state index is 6.89. The predicted octanol–water partition coefficient (Wildman–Crippen LogP) is 6.69. The molecule has 7 heteroatoms. The third-order valence-electron chi connectivity index (χ3n) is 12.0. The Morgan fingerprint density at radius 2 is 0.979 bits per heavy atom. The van der Waals surface area contributed by atoms with E-state index >= 15 is 0 Å². The van der Waals surface area contributed by atoms with Gasteiger partial charge in [0.25, 0.3) is 0 Å². The summed E-state index contributed by atoms with van der Waals surface area (Å²) in [7, 11) is 0. The lowest BCUT2D eigenvalue weighted by Crippen LogP contribution is -2.58. The fraction of sp³-hybridized carbons (Fsp3) is 0.400. The number of hydrogen-bond donors (Lipinski definition) is 0. The Labute approximate surface area is 279 Å². The Bertz CT molecular complexity index is 1960. The van der Waals surface area contributed by atoms with Crippen molar-refractivity contribution in [3.63, 3.8) is 0 Å². The molecule has 5 aromatic rings. The van der Waals surface area contributed by atoms with E-state index in [1.165, 1.54) is 158 Å². The molecule has 0 aliphatic carbocycles. The highest BCUT2D eigenvalue weighted by Gasteiger charge is 2.38. The molecule has 0 aromatic heterocycles. The van der Waals surface area contributed by atoms with Crippen LogP contribution in [0.3, 0.4) is 0 Å². The number of hydrogen-bond acceptors (Lipinski definition) is 5.